The van der Waals surface area contributed by atoms with E-state index in [9.17, 15) is 18.6 Å². The van der Waals surface area contributed by atoms with Crippen molar-refractivity contribution in [3.05, 3.63) is 53.6 Å². The number of hydrogen-bond donors (Lipinski definition) is 2. The lowest BCUT2D eigenvalue weighted by molar-refractivity contribution is -0.136. The Bertz CT molecular complexity index is 984. The predicted molar refractivity (Wildman–Crippen MR) is 109 cm³/mol. The monoisotopic (exact) mass is 398 g/mol. The van der Waals surface area contributed by atoms with Crippen LogP contribution in [0.4, 0.5) is 11.4 Å². The summed E-state index contributed by atoms with van der Waals surface area (Å²) in [6.07, 6.45) is 0.674. The van der Waals surface area contributed by atoms with E-state index >= 15 is 0 Å². The first kappa shape index (κ1) is 19.9. The highest BCUT2D eigenvalue weighted by molar-refractivity contribution is 7.87. The number of fused-ring (bicyclic) bond motifs is 1. The van der Waals surface area contributed by atoms with Crippen LogP contribution in [0.5, 0.6) is 0 Å². The smallest absolute Gasteiger partial charge is 0.293 e. The molecule has 2 atom stereocenters. The standard InChI is InChI=1S/C21H22N2O4S/c1-4-13-8-7-9-14(12(2)3)17(13)23-20(25)18(24)19-21(26)22-15-10-5-6-11-16(15)28(19)27/h5-12,19H,4H2,1-3H3,(H,22,26)(H,23,25)/t19-,28+/m1/s1. The number of rotatable bonds is 5. The number of ketones is 1. The van der Waals surface area contributed by atoms with E-state index < -0.39 is 33.6 Å². The second-order valence-electron chi connectivity index (χ2n) is 6.87. The van der Waals surface area contributed by atoms with Crippen LogP contribution >= 0.6 is 0 Å². The van der Waals surface area contributed by atoms with Gasteiger partial charge in [0.2, 0.25) is 11.7 Å². The van der Waals surface area contributed by atoms with Crippen molar-refractivity contribution in [1.29, 1.82) is 0 Å². The third-order valence-corrected chi connectivity index (χ3v) is 6.35. The van der Waals surface area contributed by atoms with Gasteiger partial charge in [0.1, 0.15) is 0 Å². The number of para-hydroxylation sites is 2. The van der Waals surface area contributed by atoms with Gasteiger partial charge in [-0.05, 0) is 35.6 Å². The average Bonchev–Trinajstić information content (AvgIpc) is 2.67. The summed E-state index contributed by atoms with van der Waals surface area (Å²) in [6.45, 7) is 5.94. The molecular weight excluding hydrogens is 376 g/mol. The highest BCUT2D eigenvalue weighted by Crippen LogP contribution is 2.30. The lowest BCUT2D eigenvalue weighted by Crippen LogP contribution is -2.46. The summed E-state index contributed by atoms with van der Waals surface area (Å²) < 4.78 is 12.8. The molecule has 6 nitrogen and oxygen atoms in total. The normalized spacial score (nSPS) is 18.4. The van der Waals surface area contributed by atoms with Gasteiger partial charge in [-0.3, -0.25) is 18.6 Å². The number of carbonyl (C=O) groups is 3. The molecule has 3 rings (SSSR count). The number of benzene rings is 2. The molecule has 0 bridgehead atoms. The van der Waals surface area contributed by atoms with Crippen molar-refractivity contribution in [3.8, 4) is 0 Å². The van der Waals surface area contributed by atoms with Crippen LogP contribution in [-0.4, -0.2) is 27.1 Å². The quantitative estimate of drug-likeness (QED) is 0.598. The van der Waals surface area contributed by atoms with E-state index in [1.165, 1.54) is 0 Å². The molecule has 1 aliphatic heterocycles. The molecular formula is C21H22N2O4S. The van der Waals surface area contributed by atoms with Crippen molar-refractivity contribution >= 4 is 39.8 Å². The van der Waals surface area contributed by atoms with Gasteiger partial charge in [-0.15, -0.1) is 0 Å². The molecule has 2 aromatic rings. The van der Waals surface area contributed by atoms with Crippen LogP contribution in [0.1, 0.15) is 37.8 Å². The van der Waals surface area contributed by atoms with Crippen LogP contribution in [0, 0.1) is 0 Å². The minimum Gasteiger partial charge on any atom is -0.324 e. The van der Waals surface area contributed by atoms with Crippen LogP contribution in [0.25, 0.3) is 0 Å². The Labute approximate surface area is 166 Å². The number of carbonyl (C=O) groups excluding carboxylic acids is 3. The summed E-state index contributed by atoms with van der Waals surface area (Å²) >= 11 is 0. The zero-order chi connectivity index (χ0) is 20.4. The third-order valence-electron chi connectivity index (χ3n) is 4.70. The SMILES string of the molecule is CCc1cccc(C(C)C)c1NC(=O)C(=O)[C@@H]1C(=O)Nc2ccccc2[S@@]1=O. The van der Waals surface area contributed by atoms with Gasteiger partial charge < -0.3 is 10.6 Å². The third kappa shape index (κ3) is 3.62. The molecule has 2 amide bonds. The predicted octanol–water partition coefficient (Wildman–Crippen LogP) is 3.01. The van der Waals surface area contributed by atoms with Crippen molar-refractivity contribution in [2.75, 3.05) is 10.6 Å². The van der Waals surface area contributed by atoms with Crippen LogP contribution in [-0.2, 0) is 31.6 Å². The fourth-order valence-corrected chi connectivity index (χ4v) is 4.58. The van der Waals surface area contributed by atoms with E-state index in [2.05, 4.69) is 10.6 Å². The summed E-state index contributed by atoms with van der Waals surface area (Å²) in [5.74, 6) is -2.54. The molecule has 0 saturated carbocycles. The molecule has 28 heavy (non-hydrogen) atoms. The number of Topliss-reactive ketones (excluding diaryl/α,β-unsaturated/α-hetero) is 1. The van der Waals surface area contributed by atoms with E-state index in [0.29, 0.717) is 22.7 Å². The summed E-state index contributed by atoms with van der Waals surface area (Å²) in [7, 11) is -1.94. The lowest BCUT2D eigenvalue weighted by Gasteiger charge is -2.23. The topological polar surface area (TPSA) is 92.3 Å². The van der Waals surface area contributed by atoms with Crippen LogP contribution in [0.15, 0.2) is 47.4 Å². The van der Waals surface area contributed by atoms with Gasteiger partial charge in [0.05, 0.1) is 21.4 Å². The second kappa shape index (κ2) is 8.06. The fraction of sp³-hybridized carbons (Fsp3) is 0.286. The molecule has 1 heterocycles. The molecule has 0 fully saturated rings. The van der Waals surface area contributed by atoms with E-state index in [1.54, 1.807) is 24.3 Å². The second-order valence-corrected chi connectivity index (χ2v) is 8.38. The first-order valence-electron chi connectivity index (χ1n) is 9.12. The molecule has 0 radical (unpaired) electrons. The Morgan fingerprint density at radius 3 is 2.54 bits per heavy atom. The molecule has 2 N–H and O–H groups in total. The maximum absolute atomic E-state index is 12.8. The van der Waals surface area contributed by atoms with E-state index in [1.807, 2.05) is 39.0 Å². The van der Waals surface area contributed by atoms with Crippen LogP contribution in [0.2, 0.25) is 0 Å². The molecule has 0 spiro atoms. The Hall–Kier alpha value is -2.80. The Morgan fingerprint density at radius 1 is 1.14 bits per heavy atom. The summed E-state index contributed by atoms with van der Waals surface area (Å²) in [5, 5.41) is 3.67. The van der Waals surface area contributed by atoms with Crippen molar-refractivity contribution in [2.45, 2.75) is 43.3 Å². The maximum atomic E-state index is 12.8. The van der Waals surface area contributed by atoms with E-state index in [0.717, 1.165) is 11.1 Å². The lowest BCUT2D eigenvalue weighted by atomic mass is 9.96. The molecule has 1 aliphatic rings. The van der Waals surface area contributed by atoms with E-state index in [4.69, 9.17) is 0 Å². The molecule has 146 valence electrons. The van der Waals surface area contributed by atoms with Gasteiger partial charge in [0.25, 0.3) is 5.91 Å². The Balaban J connectivity index is 1.90. The Morgan fingerprint density at radius 2 is 1.86 bits per heavy atom. The summed E-state index contributed by atoms with van der Waals surface area (Å²) in [5.41, 5.74) is 2.78. The van der Waals surface area contributed by atoms with Gasteiger partial charge in [0, 0.05) is 5.69 Å². The average molecular weight is 398 g/mol. The number of anilines is 2. The van der Waals surface area contributed by atoms with Gasteiger partial charge >= 0.3 is 0 Å². The largest absolute Gasteiger partial charge is 0.324 e. The van der Waals surface area contributed by atoms with Crippen molar-refractivity contribution in [2.24, 2.45) is 0 Å². The first-order valence-corrected chi connectivity index (χ1v) is 10.3. The van der Waals surface area contributed by atoms with Gasteiger partial charge in [-0.2, -0.15) is 0 Å². The number of nitrogens with one attached hydrogen (secondary N) is 2. The number of aryl methyl sites for hydroxylation is 1. The minimum atomic E-state index is -1.94. The zero-order valence-corrected chi connectivity index (χ0v) is 16.8. The minimum absolute atomic E-state index is 0.135. The number of hydrogen-bond acceptors (Lipinski definition) is 4. The maximum Gasteiger partial charge on any atom is 0.293 e. The molecule has 0 saturated heterocycles. The van der Waals surface area contributed by atoms with Crippen LogP contribution in [0.3, 0.4) is 0 Å². The molecule has 7 heteroatoms. The summed E-state index contributed by atoms with van der Waals surface area (Å²) in [4.78, 5) is 38.1. The van der Waals surface area contributed by atoms with E-state index in [-0.39, 0.29) is 5.92 Å². The van der Waals surface area contributed by atoms with Crippen molar-refractivity contribution in [1.82, 2.24) is 0 Å². The molecule has 2 aromatic carbocycles. The highest BCUT2D eigenvalue weighted by Gasteiger charge is 2.41. The van der Waals surface area contributed by atoms with Crippen molar-refractivity contribution < 1.29 is 18.6 Å². The van der Waals surface area contributed by atoms with Gasteiger partial charge in [0.15, 0.2) is 5.25 Å². The van der Waals surface area contributed by atoms with Crippen LogP contribution < -0.4 is 10.6 Å². The van der Waals surface area contributed by atoms with Gasteiger partial charge in [-0.25, -0.2) is 0 Å². The molecule has 0 aliphatic carbocycles. The first-order chi connectivity index (χ1) is 13.3. The van der Waals surface area contributed by atoms with Gasteiger partial charge in [-0.1, -0.05) is 51.1 Å². The molecule has 0 unspecified atom stereocenters. The fourth-order valence-electron chi connectivity index (χ4n) is 3.23. The Kier molecular flexibility index (Phi) is 5.74. The molecule has 0 aromatic heterocycles. The highest BCUT2D eigenvalue weighted by atomic mass is 32.2. The summed E-state index contributed by atoms with van der Waals surface area (Å²) in [6, 6.07) is 12.2. The zero-order valence-electron chi connectivity index (χ0n) is 15.9. The van der Waals surface area contributed by atoms with Crippen molar-refractivity contribution in [3.63, 3.8) is 0 Å². The number of amides is 2.